The van der Waals surface area contributed by atoms with Gasteiger partial charge in [0, 0.05) is 45.1 Å². The van der Waals surface area contributed by atoms with E-state index in [1.54, 1.807) is 0 Å². The number of esters is 1. The van der Waals surface area contributed by atoms with Crippen molar-refractivity contribution < 1.29 is 14.3 Å². The van der Waals surface area contributed by atoms with Crippen molar-refractivity contribution in [2.75, 3.05) is 33.3 Å². The molecule has 146 valence electrons. The molecular formula is C17H33IN4O3. The highest BCUT2D eigenvalue weighted by atomic mass is 127. The minimum absolute atomic E-state index is 0. The number of rotatable bonds is 9. The van der Waals surface area contributed by atoms with Crippen LogP contribution in [-0.2, 0) is 14.3 Å². The molecule has 1 aliphatic rings. The number of guanidine groups is 1. The van der Waals surface area contributed by atoms with Gasteiger partial charge in [-0.05, 0) is 26.2 Å². The van der Waals surface area contributed by atoms with Gasteiger partial charge in [0.05, 0.1) is 7.11 Å². The Bertz CT molecular complexity index is 432. The molecule has 1 atom stereocenters. The Morgan fingerprint density at radius 1 is 1.24 bits per heavy atom. The van der Waals surface area contributed by atoms with Crippen LogP contribution in [0.3, 0.4) is 0 Å². The van der Waals surface area contributed by atoms with Crippen LogP contribution >= 0.6 is 24.0 Å². The summed E-state index contributed by atoms with van der Waals surface area (Å²) in [6.45, 7) is 7.02. The summed E-state index contributed by atoms with van der Waals surface area (Å²) in [5.41, 5.74) is 0. The lowest BCUT2D eigenvalue weighted by Gasteiger charge is -2.18. The van der Waals surface area contributed by atoms with E-state index in [1.165, 1.54) is 7.11 Å². The lowest BCUT2D eigenvalue weighted by Crippen LogP contribution is -2.45. The van der Waals surface area contributed by atoms with E-state index in [4.69, 9.17) is 0 Å². The van der Waals surface area contributed by atoms with Crippen molar-refractivity contribution >= 4 is 41.8 Å². The molecule has 0 aliphatic carbocycles. The van der Waals surface area contributed by atoms with E-state index in [0.29, 0.717) is 12.8 Å². The molecule has 1 heterocycles. The molecule has 1 unspecified atom stereocenters. The number of hydrogen-bond acceptors (Lipinski definition) is 4. The number of ether oxygens (including phenoxy) is 1. The van der Waals surface area contributed by atoms with E-state index < -0.39 is 0 Å². The number of likely N-dealkylation sites (tertiary alicyclic amines) is 1. The Morgan fingerprint density at radius 3 is 2.64 bits per heavy atom. The van der Waals surface area contributed by atoms with Gasteiger partial charge in [0.1, 0.15) is 0 Å². The highest BCUT2D eigenvalue weighted by Gasteiger charge is 2.25. The third-order valence-corrected chi connectivity index (χ3v) is 4.07. The summed E-state index contributed by atoms with van der Waals surface area (Å²) in [6, 6.07) is 0.262. The van der Waals surface area contributed by atoms with Crippen LogP contribution < -0.4 is 10.6 Å². The first-order chi connectivity index (χ1) is 11.6. The number of methoxy groups -OCH3 is 1. The zero-order valence-electron chi connectivity index (χ0n) is 15.7. The van der Waals surface area contributed by atoms with Crippen molar-refractivity contribution in [1.82, 2.24) is 15.5 Å². The molecule has 0 radical (unpaired) electrons. The van der Waals surface area contributed by atoms with Crippen molar-refractivity contribution in [1.29, 1.82) is 0 Å². The minimum Gasteiger partial charge on any atom is -0.469 e. The molecule has 2 N–H and O–H groups in total. The predicted octanol–water partition coefficient (Wildman–Crippen LogP) is 1.90. The lowest BCUT2D eigenvalue weighted by molar-refractivity contribution is -0.140. The van der Waals surface area contributed by atoms with Gasteiger partial charge in [0.2, 0.25) is 5.91 Å². The van der Waals surface area contributed by atoms with Crippen LogP contribution in [0.15, 0.2) is 4.99 Å². The third kappa shape index (κ3) is 9.86. The number of hydrogen-bond donors (Lipinski definition) is 2. The van der Waals surface area contributed by atoms with Crippen LogP contribution in [-0.4, -0.2) is 62.1 Å². The molecule has 0 aromatic rings. The summed E-state index contributed by atoms with van der Waals surface area (Å²) >= 11 is 0. The number of nitrogens with one attached hydrogen (secondary N) is 2. The Morgan fingerprint density at radius 2 is 2.00 bits per heavy atom. The second-order valence-corrected chi connectivity index (χ2v) is 5.97. The molecular weight excluding hydrogens is 435 g/mol. The smallest absolute Gasteiger partial charge is 0.305 e. The van der Waals surface area contributed by atoms with Gasteiger partial charge in [0.15, 0.2) is 5.96 Å². The highest BCUT2D eigenvalue weighted by Crippen LogP contribution is 2.10. The normalized spacial score (nSPS) is 17.0. The van der Waals surface area contributed by atoms with Gasteiger partial charge in [0.25, 0.3) is 0 Å². The van der Waals surface area contributed by atoms with E-state index in [-0.39, 0.29) is 41.9 Å². The number of unbranched alkanes of at least 4 members (excludes halogenated alkanes) is 2. The third-order valence-electron chi connectivity index (χ3n) is 4.07. The molecule has 0 aromatic heterocycles. The van der Waals surface area contributed by atoms with E-state index in [0.717, 1.165) is 57.8 Å². The zero-order valence-corrected chi connectivity index (χ0v) is 18.0. The maximum Gasteiger partial charge on any atom is 0.305 e. The average molecular weight is 468 g/mol. The number of aliphatic imine (C=N–C) groups is 1. The fourth-order valence-corrected chi connectivity index (χ4v) is 2.69. The summed E-state index contributed by atoms with van der Waals surface area (Å²) in [4.78, 5) is 29.3. The fraction of sp³-hybridized carbons (Fsp3) is 0.824. The van der Waals surface area contributed by atoms with Gasteiger partial charge in [-0.25, -0.2) is 0 Å². The topological polar surface area (TPSA) is 83.0 Å². The van der Waals surface area contributed by atoms with Crippen molar-refractivity contribution in [3.8, 4) is 0 Å². The Labute approximate surface area is 168 Å². The van der Waals surface area contributed by atoms with Crippen molar-refractivity contribution in [3.05, 3.63) is 0 Å². The maximum atomic E-state index is 11.7. The van der Waals surface area contributed by atoms with Crippen LogP contribution in [0.2, 0.25) is 0 Å². The van der Waals surface area contributed by atoms with Gasteiger partial charge >= 0.3 is 5.97 Å². The largest absolute Gasteiger partial charge is 0.469 e. The second-order valence-electron chi connectivity index (χ2n) is 5.97. The molecule has 1 amide bonds. The Kier molecular flexibility index (Phi) is 13.5. The quantitative estimate of drug-likeness (QED) is 0.178. The van der Waals surface area contributed by atoms with Gasteiger partial charge in [-0.3, -0.25) is 14.6 Å². The van der Waals surface area contributed by atoms with Crippen molar-refractivity contribution in [2.24, 2.45) is 4.99 Å². The van der Waals surface area contributed by atoms with Gasteiger partial charge in [-0.15, -0.1) is 24.0 Å². The second kappa shape index (κ2) is 14.1. The van der Waals surface area contributed by atoms with E-state index in [9.17, 15) is 9.59 Å². The van der Waals surface area contributed by atoms with Crippen LogP contribution in [0.5, 0.6) is 0 Å². The van der Waals surface area contributed by atoms with Crippen LogP contribution in [0.1, 0.15) is 52.4 Å². The van der Waals surface area contributed by atoms with Gasteiger partial charge < -0.3 is 20.3 Å². The first-order valence-electron chi connectivity index (χ1n) is 9.00. The summed E-state index contributed by atoms with van der Waals surface area (Å²) < 4.78 is 4.62. The number of carbonyl (C=O) groups excluding carboxylic acids is 2. The Balaban J connectivity index is 0.00000576. The molecule has 1 aliphatic heterocycles. The zero-order chi connectivity index (χ0) is 17.8. The van der Waals surface area contributed by atoms with Crippen LogP contribution in [0.25, 0.3) is 0 Å². The molecule has 0 spiro atoms. The maximum absolute atomic E-state index is 11.7. The lowest BCUT2D eigenvalue weighted by atomic mass is 10.2. The summed E-state index contributed by atoms with van der Waals surface area (Å²) in [5, 5.41) is 6.66. The SMILES string of the molecule is CCNC(=NCCCCCC(=O)OC)NC1CCN(C(=O)CC)C1.I. The number of halogens is 1. The monoisotopic (exact) mass is 468 g/mol. The Hall–Kier alpha value is -1.06. The summed E-state index contributed by atoms with van der Waals surface area (Å²) in [7, 11) is 1.42. The number of amides is 1. The van der Waals surface area contributed by atoms with Gasteiger partial charge in [-0.2, -0.15) is 0 Å². The molecule has 0 saturated carbocycles. The van der Waals surface area contributed by atoms with E-state index in [1.807, 2.05) is 18.7 Å². The van der Waals surface area contributed by atoms with Crippen molar-refractivity contribution in [3.63, 3.8) is 0 Å². The predicted molar refractivity (Wildman–Crippen MR) is 110 cm³/mol. The number of nitrogens with zero attached hydrogens (tertiary/aromatic N) is 2. The molecule has 1 saturated heterocycles. The highest BCUT2D eigenvalue weighted by molar-refractivity contribution is 14.0. The summed E-state index contributed by atoms with van der Waals surface area (Å²) in [6.07, 6.45) is 4.73. The molecule has 7 nitrogen and oxygen atoms in total. The minimum atomic E-state index is -0.152. The van der Waals surface area contributed by atoms with Crippen LogP contribution in [0, 0.1) is 0 Å². The molecule has 25 heavy (non-hydrogen) atoms. The van der Waals surface area contributed by atoms with E-state index >= 15 is 0 Å². The standard InChI is InChI=1S/C17H32N4O3.HI/c1-4-15(22)21-12-10-14(13-21)20-17(18-5-2)19-11-8-6-7-9-16(23)24-3;/h14H,4-13H2,1-3H3,(H2,18,19,20);1H. The van der Waals surface area contributed by atoms with Gasteiger partial charge in [-0.1, -0.05) is 13.3 Å². The van der Waals surface area contributed by atoms with Crippen molar-refractivity contribution in [2.45, 2.75) is 58.4 Å². The molecule has 0 aromatic carbocycles. The van der Waals surface area contributed by atoms with E-state index in [2.05, 4.69) is 20.4 Å². The molecule has 1 fully saturated rings. The average Bonchev–Trinajstić information content (AvgIpc) is 3.05. The number of carbonyl (C=O) groups is 2. The summed E-state index contributed by atoms with van der Waals surface area (Å²) in [5.74, 6) is 0.869. The first kappa shape index (κ1) is 23.9. The van der Waals surface area contributed by atoms with Crippen LogP contribution in [0.4, 0.5) is 0 Å². The molecule has 0 bridgehead atoms. The fourth-order valence-electron chi connectivity index (χ4n) is 2.69. The first-order valence-corrected chi connectivity index (χ1v) is 9.00. The molecule has 1 rings (SSSR count). The molecule has 8 heteroatoms.